The highest BCUT2D eigenvalue weighted by atomic mass is 19.1. The number of nitrogens with zero attached hydrogens (tertiary/aromatic N) is 3. The van der Waals surface area contributed by atoms with Gasteiger partial charge in [-0.05, 0) is 29.8 Å². The minimum Gasteiger partial charge on any atom is -0.369 e. The predicted molar refractivity (Wildman–Crippen MR) is 101 cm³/mol. The van der Waals surface area contributed by atoms with E-state index < -0.39 is 0 Å². The van der Waals surface area contributed by atoms with Crippen LogP contribution in [-0.2, 0) is 13.1 Å². The Bertz CT molecular complexity index is 819. The lowest BCUT2D eigenvalue weighted by molar-refractivity contribution is 0.210. The van der Waals surface area contributed by atoms with Crippen molar-refractivity contribution in [2.45, 2.75) is 13.1 Å². The number of amides is 2. The van der Waals surface area contributed by atoms with Gasteiger partial charge < -0.3 is 15.1 Å². The van der Waals surface area contributed by atoms with Gasteiger partial charge in [0.15, 0.2) is 0 Å². The highest BCUT2D eigenvalue weighted by molar-refractivity contribution is 5.96. The Kier molecular flexibility index (Phi) is 4.51. The topological polar surface area (TPSA) is 38.8 Å². The number of anilines is 2. The minimum absolute atomic E-state index is 0.0563. The van der Waals surface area contributed by atoms with Crippen molar-refractivity contribution >= 4 is 17.4 Å². The molecule has 0 radical (unpaired) electrons. The van der Waals surface area contributed by atoms with Gasteiger partial charge in [0.25, 0.3) is 0 Å². The lowest BCUT2D eigenvalue weighted by atomic mass is 10.0. The largest absolute Gasteiger partial charge is 0.369 e. The van der Waals surface area contributed by atoms with Crippen LogP contribution in [0.3, 0.4) is 0 Å². The van der Waals surface area contributed by atoms with E-state index in [1.165, 1.54) is 17.8 Å². The number of halogens is 1. The van der Waals surface area contributed by atoms with Crippen LogP contribution >= 0.6 is 0 Å². The van der Waals surface area contributed by atoms with Crippen molar-refractivity contribution in [1.29, 1.82) is 0 Å². The van der Waals surface area contributed by atoms with Crippen LogP contribution in [0.2, 0.25) is 0 Å². The van der Waals surface area contributed by atoms with Crippen LogP contribution in [0, 0.1) is 5.82 Å². The molecule has 1 N–H and O–H groups in total. The van der Waals surface area contributed by atoms with Gasteiger partial charge in [0.2, 0.25) is 0 Å². The first-order chi connectivity index (χ1) is 12.6. The molecular weight excluding hydrogens is 331 g/mol. The molecule has 1 saturated heterocycles. The molecule has 1 fully saturated rings. The van der Waals surface area contributed by atoms with Crippen LogP contribution in [0.15, 0.2) is 42.5 Å². The lowest BCUT2D eigenvalue weighted by Gasteiger charge is -2.39. The third-order valence-corrected chi connectivity index (χ3v) is 5.06. The second-order valence-electron chi connectivity index (χ2n) is 6.87. The summed E-state index contributed by atoms with van der Waals surface area (Å²) in [5.74, 6) is -0.282. The highest BCUT2D eigenvalue weighted by Gasteiger charge is 2.31. The zero-order valence-corrected chi connectivity index (χ0v) is 14.9. The monoisotopic (exact) mass is 354 g/mol. The van der Waals surface area contributed by atoms with E-state index in [0.717, 1.165) is 43.0 Å². The molecule has 0 aromatic heterocycles. The number of urea groups is 1. The smallest absolute Gasteiger partial charge is 0.324 e. The zero-order valence-electron chi connectivity index (χ0n) is 14.9. The van der Waals surface area contributed by atoms with Crippen molar-refractivity contribution < 1.29 is 9.18 Å². The van der Waals surface area contributed by atoms with Crippen LogP contribution in [0.25, 0.3) is 0 Å². The molecule has 2 aliphatic heterocycles. The highest BCUT2D eigenvalue weighted by Crippen LogP contribution is 2.36. The van der Waals surface area contributed by atoms with E-state index in [9.17, 15) is 9.18 Å². The van der Waals surface area contributed by atoms with Crippen LogP contribution in [0.5, 0.6) is 0 Å². The maximum atomic E-state index is 13.6. The fraction of sp³-hybridized carbons (Fsp3) is 0.350. The third kappa shape index (κ3) is 3.12. The number of hydrogen-bond donors (Lipinski definition) is 1. The number of rotatable bonds is 3. The molecule has 5 nitrogen and oxygen atoms in total. The maximum absolute atomic E-state index is 13.6. The van der Waals surface area contributed by atoms with Crippen molar-refractivity contribution in [3.8, 4) is 0 Å². The number of carbonyl (C=O) groups excluding carboxylic acids is 1. The first-order valence-electron chi connectivity index (χ1n) is 8.98. The Morgan fingerprint density at radius 1 is 1.08 bits per heavy atom. The molecule has 0 unspecified atom stereocenters. The van der Waals surface area contributed by atoms with Gasteiger partial charge in [-0.25, -0.2) is 9.18 Å². The normalized spacial score (nSPS) is 17.5. The Labute approximate surface area is 153 Å². The standard InChI is InChI=1S/C20H23FN4O/c1-23-14-17-18(24-10-8-22-9-11-24)6-3-7-19(17)25(20(23)26)13-15-4-2-5-16(21)12-15/h2-7,12,22H,8-11,13-14H2,1H3. The minimum atomic E-state index is -0.282. The lowest BCUT2D eigenvalue weighted by Crippen LogP contribution is -2.47. The summed E-state index contributed by atoms with van der Waals surface area (Å²) in [4.78, 5) is 18.7. The molecule has 0 aliphatic carbocycles. The molecule has 0 atom stereocenters. The number of fused-ring (bicyclic) bond motifs is 1. The number of nitrogens with one attached hydrogen (secondary N) is 1. The van der Waals surface area contributed by atoms with E-state index in [0.29, 0.717) is 13.1 Å². The summed E-state index contributed by atoms with van der Waals surface area (Å²) in [6.07, 6.45) is 0. The van der Waals surface area contributed by atoms with Crippen molar-refractivity contribution in [3.05, 3.63) is 59.4 Å². The molecule has 0 spiro atoms. The molecule has 26 heavy (non-hydrogen) atoms. The Morgan fingerprint density at radius 3 is 2.58 bits per heavy atom. The molecule has 2 aromatic rings. The molecule has 2 amide bonds. The van der Waals surface area contributed by atoms with E-state index in [1.807, 2.05) is 25.2 Å². The molecule has 0 saturated carbocycles. The fourth-order valence-corrected chi connectivity index (χ4v) is 3.76. The molecule has 6 heteroatoms. The first-order valence-corrected chi connectivity index (χ1v) is 8.98. The van der Waals surface area contributed by atoms with E-state index >= 15 is 0 Å². The van der Waals surface area contributed by atoms with E-state index in [1.54, 1.807) is 15.9 Å². The third-order valence-electron chi connectivity index (χ3n) is 5.06. The van der Waals surface area contributed by atoms with Crippen LogP contribution in [-0.4, -0.2) is 44.2 Å². The van der Waals surface area contributed by atoms with Gasteiger partial charge in [0, 0.05) is 44.5 Å². The SMILES string of the molecule is CN1Cc2c(N3CCNCC3)cccc2N(Cc2cccc(F)c2)C1=O. The Balaban J connectivity index is 1.71. The zero-order chi connectivity index (χ0) is 18.1. The fourth-order valence-electron chi connectivity index (χ4n) is 3.76. The molecular formula is C20H23FN4O. The molecule has 4 rings (SSSR count). The average Bonchev–Trinajstić information content (AvgIpc) is 2.66. The maximum Gasteiger partial charge on any atom is 0.324 e. The van der Waals surface area contributed by atoms with Gasteiger partial charge in [-0.3, -0.25) is 4.90 Å². The summed E-state index contributed by atoms with van der Waals surface area (Å²) < 4.78 is 13.6. The van der Waals surface area contributed by atoms with E-state index in [2.05, 4.69) is 16.3 Å². The second kappa shape index (κ2) is 6.96. The molecule has 0 bridgehead atoms. The summed E-state index contributed by atoms with van der Waals surface area (Å²) in [5.41, 5.74) is 4.06. The summed E-state index contributed by atoms with van der Waals surface area (Å²) in [6.45, 7) is 4.79. The number of piperazine rings is 1. The molecule has 2 heterocycles. The van der Waals surface area contributed by atoms with Gasteiger partial charge in [-0.1, -0.05) is 18.2 Å². The number of hydrogen-bond acceptors (Lipinski definition) is 3. The van der Waals surface area contributed by atoms with Gasteiger partial charge in [-0.15, -0.1) is 0 Å². The van der Waals surface area contributed by atoms with Gasteiger partial charge in [-0.2, -0.15) is 0 Å². The van der Waals surface area contributed by atoms with Crippen molar-refractivity contribution in [3.63, 3.8) is 0 Å². The second-order valence-corrected chi connectivity index (χ2v) is 6.87. The van der Waals surface area contributed by atoms with Gasteiger partial charge in [0.05, 0.1) is 18.8 Å². The molecule has 136 valence electrons. The first kappa shape index (κ1) is 16.8. The molecule has 2 aliphatic rings. The summed E-state index contributed by atoms with van der Waals surface area (Å²) in [5, 5.41) is 3.37. The van der Waals surface area contributed by atoms with Crippen molar-refractivity contribution in [2.24, 2.45) is 0 Å². The predicted octanol–water partition coefficient (Wildman–Crippen LogP) is 2.81. The Morgan fingerprint density at radius 2 is 1.81 bits per heavy atom. The quantitative estimate of drug-likeness (QED) is 0.921. The van der Waals surface area contributed by atoms with Crippen LogP contribution in [0.4, 0.5) is 20.6 Å². The van der Waals surface area contributed by atoms with Crippen LogP contribution < -0.4 is 15.1 Å². The summed E-state index contributed by atoms with van der Waals surface area (Å²) in [6, 6.07) is 12.5. The van der Waals surface area contributed by atoms with Crippen molar-refractivity contribution in [1.82, 2.24) is 10.2 Å². The van der Waals surface area contributed by atoms with Crippen molar-refractivity contribution in [2.75, 3.05) is 43.0 Å². The number of benzene rings is 2. The number of carbonyl (C=O) groups is 1. The van der Waals surface area contributed by atoms with Gasteiger partial charge >= 0.3 is 6.03 Å². The van der Waals surface area contributed by atoms with Crippen LogP contribution in [0.1, 0.15) is 11.1 Å². The summed E-state index contributed by atoms with van der Waals surface area (Å²) in [7, 11) is 1.82. The van der Waals surface area contributed by atoms with Gasteiger partial charge in [0.1, 0.15) is 5.82 Å². The Hall–Kier alpha value is -2.60. The van der Waals surface area contributed by atoms with E-state index in [-0.39, 0.29) is 11.8 Å². The van der Waals surface area contributed by atoms with E-state index in [4.69, 9.17) is 0 Å². The summed E-state index contributed by atoms with van der Waals surface area (Å²) >= 11 is 0. The molecule has 2 aromatic carbocycles. The average molecular weight is 354 g/mol.